The molecule has 0 amide bonds. The predicted octanol–water partition coefficient (Wildman–Crippen LogP) is 3.85. The van der Waals surface area contributed by atoms with Crippen LogP contribution in [0.5, 0.6) is 0 Å². The third-order valence-electron chi connectivity index (χ3n) is 5.43. The summed E-state index contributed by atoms with van der Waals surface area (Å²) >= 11 is 5.89. The number of alkyl halides is 3. The Kier molecular flexibility index (Phi) is 7.22. The Hall–Kier alpha value is -3.55. The lowest BCUT2D eigenvalue weighted by molar-refractivity contribution is -0.207. The zero-order valence-corrected chi connectivity index (χ0v) is 19.8. The summed E-state index contributed by atoms with van der Waals surface area (Å²) < 4.78 is 69.2. The molecular weight excluding hydrogens is 525 g/mol. The second-order valence-electron chi connectivity index (χ2n) is 8.17. The Morgan fingerprint density at radius 3 is 2.32 bits per heavy atom. The first-order valence-corrected chi connectivity index (χ1v) is 11.1. The third kappa shape index (κ3) is 5.58. The van der Waals surface area contributed by atoms with E-state index in [4.69, 9.17) is 11.6 Å². The number of nitrogens with zero attached hydrogens (tertiary/aromatic N) is 5. The topological polar surface area (TPSA) is 98.1 Å². The van der Waals surface area contributed by atoms with Crippen molar-refractivity contribution >= 4 is 11.6 Å². The lowest BCUT2D eigenvalue weighted by Crippen LogP contribution is -2.37. The highest BCUT2D eigenvalue weighted by molar-refractivity contribution is 6.30. The molecule has 37 heavy (non-hydrogen) atoms. The van der Waals surface area contributed by atoms with Gasteiger partial charge >= 0.3 is 11.9 Å². The Labute approximate surface area is 210 Å². The van der Waals surface area contributed by atoms with Crippen LogP contribution in [0, 0.1) is 11.6 Å². The van der Waals surface area contributed by atoms with Gasteiger partial charge in [0, 0.05) is 17.3 Å². The number of aliphatic hydroxyl groups excluding tert-OH is 2. The zero-order chi connectivity index (χ0) is 27.1. The minimum Gasteiger partial charge on any atom is -0.385 e. The average Bonchev–Trinajstić information content (AvgIpc) is 3.38. The Balaban J connectivity index is 1.77. The van der Waals surface area contributed by atoms with E-state index in [-0.39, 0.29) is 29.6 Å². The van der Waals surface area contributed by atoms with Crippen molar-refractivity contribution in [2.75, 3.05) is 0 Å². The van der Waals surface area contributed by atoms with E-state index < -0.39 is 42.3 Å². The van der Waals surface area contributed by atoms with Crippen LogP contribution < -0.4 is 5.69 Å². The maximum atomic E-state index is 13.8. The summed E-state index contributed by atoms with van der Waals surface area (Å²) in [5.74, 6) is -2.33. The fraction of sp³-hybridized carbons (Fsp3) is 0.261. The Morgan fingerprint density at radius 1 is 1.05 bits per heavy atom. The monoisotopic (exact) mass is 543 g/mol. The summed E-state index contributed by atoms with van der Waals surface area (Å²) in [5.41, 5.74) is -0.412. The van der Waals surface area contributed by atoms with E-state index in [0.717, 1.165) is 25.9 Å². The van der Waals surface area contributed by atoms with Gasteiger partial charge in [-0.05, 0) is 36.8 Å². The minimum absolute atomic E-state index is 0.0427. The highest BCUT2D eigenvalue weighted by atomic mass is 35.5. The quantitative estimate of drug-likeness (QED) is 0.345. The van der Waals surface area contributed by atoms with Gasteiger partial charge in [0.15, 0.2) is 29.4 Å². The minimum atomic E-state index is -4.96. The van der Waals surface area contributed by atoms with Crippen LogP contribution in [0.3, 0.4) is 0 Å². The summed E-state index contributed by atoms with van der Waals surface area (Å²) in [4.78, 5) is 17.3. The van der Waals surface area contributed by atoms with Gasteiger partial charge in [0.05, 0.1) is 24.5 Å². The van der Waals surface area contributed by atoms with Crippen LogP contribution in [0.1, 0.15) is 24.7 Å². The molecule has 2 aromatic heterocycles. The van der Waals surface area contributed by atoms with E-state index >= 15 is 0 Å². The highest BCUT2D eigenvalue weighted by Crippen LogP contribution is 2.25. The summed E-state index contributed by atoms with van der Waals surface area (Å²) in [6, 6.07) is 8.90. The SMILES string of the molecule is C[C@H](O)c1nc(Cn2cc(-c3ccc(Cl)cc3)n(CC(O)C(F)(F)F)c2=O)nn1-c1ccc(F)c(F)c1. The molecule has 8 nitrogen and oxygen atoms in total. The molecule has 0 saturated heterocycles. The molecule has 196 valence electrons. The first-order chi connectivity index (χ1) is 17.3. The Morgan fingerprint density at radius 2 is 1.73 bits per heavy atom. The van der Waals surface area contributed by atoms with Crippen molar-refractivity contribution in [2.45, 2.75) is 38.4 Å². The summed E-state index contributed by atoms with van der Waals surface area (Å²) in [5, 5.41) is 24.3. The van der Waals surface area contributed by atoms with E-state index in [9.17, 15) is 37.0 Å². The van der Waals surface area contributed by atoms with E-state index in [1.54, 1.807) is 0 Å². The van der Waals surface area contributed by atoms with Crippen molar-refractivity contribution < 1.29 is 32.2 Å². The molecule has 0 aliphatic carbocycles. The van der Waals surface area contributed by atoms with Gasteiger partial charge in [-0.2, -0.15) is 13.2 Å². The number of benzene rings is 2. The maximum absolute atomic E-state index is 13.8. The van der Waals surface area contributed by atoms with Crippen molar-refractivity contribution in [3.05, 3.63) is 87.5 Å². The summed E-state index contributed by atoms with van der Waals surface area (Å²) in [6.07, 6.45) is -7.69. The number of halogens is 6. The largest absolute Gasteiger partial charge is 0.416 e. The summed E-state index contributed by atoms with van der Waals surface area (Å²) in [6.45, 7) is -0.0438. The zero-order valence-electron chi connectivity index (χ0n) is 19.0. The molecule has 2 aromatic carbocycles. The van der Waals surface area contributed by atoms with Crippen molar-refractivity contribution in [1.82, 2.24) is 23.9 Å². The number of aromatic nitrogens is 5. The smallest absolute Gasteiger partial charge is 0.385 e. The molecule has 0 fully saturated rings. The van der Waals surface area contributed by atoms with Gasteiger partial charge in [-0.1, -0.05) is 23.7 Å². The molecule has 4 aromatic rings. The van der Waals surface area contributed by atoms with Gasteiger partial charge in [-0.3, -0.25) is 9.13 Å². The number of hydrogen-bond acceptors (Lipinski definition) is 5. The molecule has 14 heteroatoms. The van der Waals surface area contributed by atoms with Crippen LogP contribution in [0.4, 0.5) is 22.0 Å². The van der Waals surface area contributed by atoms with Crippen molar-refractivity contribution in [3.8, 4) is 16.9 Å². The van der Waals surface area contributed by atoms with Crippen LogP contribution >= 0.6 is 11.6 Å². The molecule has 2 atom stereocenters. The van der Waals surface area contributed by atoms with Crippen molar-refractivity contribution in [2.24, 2.45) is 0 Å². The van der Waals surface area contributed by atoms with Gasteiger partial charge < -0.3 is 10.2 Å². The van der Waals surface area contributed by atoms with E-state index in [0.29, 0.717) is 10.6 Å². The second-order valence-corrected chi connectivity index (χ2v) is 8.61. The van der Waals surface area contributed by atoms with Gasteiger partial charge in [0.25, 0.3) is 0 Å². The first kappa shape index (κ1) is 26.5. The third-order valence-corrected chi connectivity index (χ3v) is 5.68. The van der Waals surface area contributed by atoms with Gasteiger partial charge in [0.2, 0.25) is 0 Å². The number of aliphatic hydroxyl groups is 2. The van der Waals surface area contributed by atoms with E-state index in [1.807, 2.05) is 0 Å². The van der Waals surface area contributed by atoms with E-state index in [2.05, 4.69) is 10.1 Å². The van der Waals surface area contributed by atoms with Crippen LogP contribution in [-0.4, -0.2) is 46.4 Å². The van der Waals surface area contributed by atoms with Crippen molar-refractivity contribution in [1.29, 1.82) is 0 Å². The Bertz CT molecular complexity index is 1480. The first-order valence-electron chi connectivity index (χ1n) is 10.7. The standard InChI is InChI=1S/C23H19ClF5N5O3/c1-12(35)21-30-20(31-34(21)15-6-7-16(25)17(26)8-15)11-32-9-18(13-2-4-14(24)5-3-13)33(22(32)37)10-19(36)23(27,28)29/h2-9,12,19,35-36H,10-11H2,1H3/t12-,19?/m0/s1. The predicted molar refractivity (Wildman–Crippen MR) is 122 cm³/mol. The molecule has 0 bridgehead atoms. The molecule has 0 aliphatic heterocycles. The summed E-state index contributed by atoms with van der Waals surface area (Å²) in [7, 11) is 0. The van der Waals surface area contributed by atoms with Gasteiger partial charge in [0.1, 0.15) is 6.10 Å². The van der Waals surface area contributed by atoms with Crippen LogP contribution in [0.15, 0.2) is 53.5 Å². The average molecular weight is 544 g/mol. The molecular formula is C23H19ClF5N5O3. The fourth-order valence-corrected chi connectivity index (χ4v) is 3.74. The lowest BCUT2D eigenvalue weighted by Gasteiger charge is -2.16. The second kappa shape index (κ2) is 10.1. The number of imidazole rings is 1. The highest BCUT2D eigenvalue weighted by Gasteiger charge is 2.39. The number of rotatable bonds is 7. The van der Waals surface area contributed by atoms with E-state index in [1.165, 1.54) is 43.5 Å². The lowest BCUT2D eigenvalue weighted by atomic mass is 10.1. The molecule has 0 radical (unpaired) electrons. The van der Waals surface area contributed by atoms with Gasteiger partial charge in [-0.25, -0.2) is 23.2 Å². The normalized spacial score (nSPS) is 13.6. The number of hydrogen-bond donors (Lipinski definition) is 2. The van der Waals surface area contributed by atoms with Crippen LogP contribution in [-0.2, 0) is 13.1 Å². The van der Waals surface area contributed by atoms with Gasteiger partial charge in [-0.15, -0.1) is 5.10 Å². The molecule has 4 rings (SSSR count). The van der Waals surface area contributed by atoms with Crippen LogP contribution in [0.2, 0.25) is 5.02 Å². The molecule has 0 saturated carbocycles. The molecule has 0 spiro atoms. The molecule has 2 heterocycles. The van der Waals surface area contributed by atoms with Crippen molar-refractivity contribution in [3.63, 3.8) is 0 Å². The fourth-order valence-electron chi connectivity index (χ4n) is 3.61. The van der Waals surface area contributed by atoms with Crippen LogP contribution in [0.25, 0.3) is 16.9 Å². The molecule has 0 aliphatic rings. The molecule has 2 N–H and O–H groups in total. The maximum Gasteiger partial charge on any atom is 0.416 e. The molecule has 1 unspecified atom stereocenters.